The number of hydrogen-bond acceptors (Lipinski definition) is 4. The zero-order valence-electron chi connectivity index (χ0n) is 14.6. The molecular weight excluding hydrogens is 312 g/mol. The largest absolute Gasteiger partial charge is 0.493 e. The fraction of sp³-hybridized carbons (Fsp3) is 0.350. The van der Waals surface area contributed by atoms with E-state index in [1.807, 2.05) is 25.1 Å². The Morgan fingerprint density at radius 1 is 1.08 bits per heavy atom. The molecule has 0 atom stereocenters. The maximum Gasteiger partial charge on any atom is 0.137 e. The van der Waals surface area contributed by atoms with Gasteiger partial charge in [-0.2, -0.15) is 0 Å². The lowest BCUT2D eigenvalue weighted by molar-refractivity contribution is 0.230. The molecule has 1 aromatic carbocycles. The summed E-state index contributed by atoms with van der Waals surface area (Å²) in [4.78, 5) is 7.42. The van der Waals surface area contributed by atoms with Crippen molar-refractivity contribution in [3.8, 4) is 17.0 Å². The Balaban J connectivity index is 1.81. The smallest absolute Gasteiger partial charge is 0.137 e. The molecule has 0 unspecified atom stereocenters. The highest BCUT2D eigenvalue weighted by Crippen LogP contribution is 2.33. The van der Waals surface area contributed by atoms with Crippen LogP contribution in [0.1, 0.15) is 12.6 Å². The third-order valence-electron chi connectivity index (χ3n) is 4.65. The maximum absolute atomic E-state index is 5.86. The Bertz CT molecular complexity index is 852. The Morgan fingerprint density at radius 3 is 2.72 bits per heavy atom. The van der Waals surface area contributed by atoms with Crippen LogP contribution in [0.5, 0.6) is 5.75 Å². The topological polar surface area (TPSA) is 41.8 Å². The molecule has 0 amide bonds. The number of rotatable bonds is 5. The second-order valence-corrected chi connectivity index (χ2v) is 6.29. The van der Waals surface area contributed by atoms with Crippen molar-refractivity contribution in [3.63, 3.8) is 0 Å². The van der Waals surface area contributed by atoms with Crippen molar-refractivity contribution >= 4 is 5.65 Å². The fourth-order valence-electron chi connectivity index (χ4n) is 3.44. The number of nitrogens with one attached hydrogen (secondary N) is 1. The van der Waals surface area contributed by atoms with Crippen LogP contribution in [0.15, 0.2) is 48.7 Å². The minimum Gasteiger partial charge on any atom is -0.493 e. The number of pyridine rings is 1. The van der Waals surface area contributed by atoms with Gasteiger partial charge in [-0.1, -0.05) is 18.2 Å². The van der Waals surface area contributed by atoms with E-state index in [1.54, 1.807) is 0 Å². The molecule has 1 aliphatic rings. The Labute approximate surface area is 148 Å². The highest BCUT2D eigenvalue weighted by Gasteiger charge is 2.20. The van der Waals surface area contributed by atoms with Crippen molar-refractivity contribution in [1.82, 2.24) is 19.6 Å². The first-order chi connectivity index (χ1) is 12.4. The van der Waals surface area contributed by atoms with E-state index in [9.17, 15) is 0 Å². The lowest BCUT2D eigenvalue weighted by Gasteiger charge is -2.27. The van der Waals surface area contributed by atoms with Crippen molar-refractivity contribution in [2.45, 2.75) is 13.5 Å². The second-order valence-electron chi connectivity index (χ2n) is 6.29. The summed E-state index contributed by atoms with van der Waals surface area (Å²) < 4.78 is 8.07. The number of hydrogen-bond donors (Lipinski definition) is 1. The van der Waals surface area contributed by atoms with E-state index in [0.717, 1.165) is 55.4 Å². The lowest BCUT2D eigenvalue weighted by Crippen LogP contribution is -2.43. The molecule has 5 heteroatoms. The van der Waals surface area contributed by atoms with E-state index in [-0.39, 0.29) is 0 Å². The fourth-order valence-corrected chi connectivity index (χ4v) is 3.44. The molecule has 130 valence electrons. The van der Waals surface area contributed by atoms with E-state index in [1.165, 1.54) is 5.69 Å². The average Bonchev–Trinajstić information content (AvgIpc) is 3.02. The number of fused-ring (bicyclic) bond motifs is 1. The van der Waals surface area contributed by atoms with Crippen molar-refractivity contribution in [1.29, 1.82) is 0 Å². The van der Waals surface area contributed by atoms with Crippen LogP contribution in [0.2, 0.25) is 0 Å². The van der Waals surface area contributed by atoms with E-state index in [0.29, 0.717) is 6.61 Å². The van der Waals surface area contributed by atoms with Gasteiger partial charge in [-0.3, -0.25) is 4.90 Å². The molecule has 3 heterocycles. The van der Waals surface area contributed by atoms with Gasteiger partial charge in [0, 0.05) is 44.5 Å². The Kier molecular flexibility index (Phi) is 4.68. The van der Waals surface area contributed by atoms with E-state index in [2.05, 4.69) is 45.1 Å². The third kappa shape index (κ3) is 3.25. The van der Waals surface area contributed by atoms with Crippen molar-refractivity contribution in [2.24, 2.45) is 0 Å². The maximum atomic E-state index is 5.86. The summed E-state index contributed by atoms with van der Waals surface area (Å²) in [6, 6.07) is 14.4. The van der Waals surface area contributed by atoms with E-state index >= 15 is 0 Å². The van der Waals surface area contributed by atoms with Gasteiger partial charge in [0.1, 0.15) is 11.4 Å². The van der Waals surface area contributed by atoms with Gasteiger partial charge >= 0.3 is 0 Å². The molecule has 5 nitrogen and oxygen atoms in total. The van der Waals surface area contributed by atoms with Crippen LogP contribution in [0, 0.1) is 0 Å². The summed E-state index contributed by atoms with van der Waals surface area (Å²) in [5, 5.41) is 3.42. The molecule has 0 bridgehead atoms. The Morgan fingerprint density at radius 2 is 1.88 bits per heavy atom. The third-order valence-corrected chi connectivity index (χ3v) is 4.65. The summed E-state index contributed by atoms with van der Waals surface area (Å²) >= 11 is 0. The monoisotopic (exact) mass is 336 g/mol. The second kappa shape index (κ2) is 7.25. The molecule has 0 saturated carbocycles. The molecule has 0 radical (unpaired) electrons. The summed E-state index contributed by atoms with van der Waals surface area (Å²) in [5.41, 5.74) is 4.30. The van der Waals surface area contributed by atoms with Crippen LogP contribution in [-0.4, -0.2) is 47.1 Å². The van der Waals surface area contributed by atoms with Gasteiger partial charge in [0.15, 0.2) is 0 Å². The number of ether oxygens (including phenoxy) is 1. The van der Waals surface area contributed by atoms with Crippen LogP contribution < -0.4 is 10.1 Å². The average molecular weight is 336 g/mol. The molecule has 3 aromatic rings. The first kappa shape index (κ1) is 16.1. The molecule has 25 heavy (non-hydrogen) atoms. The van der Waals surface area contributed by atoms with E-state index in [4.69, 9.17) is 9.72 Å². The Hall–Kier alpha value is -2.37. The molecular formula is C20H24N4O. The van der Waals surface area contributed by atoms with Crippen LogP contribution in [0.4, 0.5) is 0 Å². The molecule has 1 aliphatic heterocycles. The van der Waals surface area contributed by atoms with Gasteiger partial charge in [-0.25, -0.2) is 4.98 Å². The first-order valence-corrected chi connectivity index (χ1v) is 8.98. The number of para-hydroxylation sites is 1. The molecule has 0 aliphatic carbocycles. The van der Waals surface area contributed by atoms with Crippen LogP contribution in [-0.2, 0) is 6.54 Å². The first-order valence-electron chi connectivity index (χ1n) is 8.98. The van der Waals surface area contributed by atoms with Crippen LogP contribution in [0.3, 0.4) is 0 Å². The number of benzene rings is 1. The highest BCUT2D eigenvalue weighted by molar-refractivity contribution is 5.72. The number of aromatic nitrogens is 2. The summed E-state index contributed by atoms with van der Waals surface area (Å²) in [5.74, 6) is 0.898. The molecule has 1 N–H and O–H groups in total. The van der Waals surface area contributed by atoms with Gasteiger partial charge in [-0.05, 0) is 31.2 Å². The minimum atomic E-state index is 0.650. The minimum absolute atomic E-state index is 0.650. The predicted octanol–water partition coefficient (Wildman–Crippen LogP) is 2.81. The standard InChI is InChI=1S/C20H24N4O/c1-2-25-18-8-4-3-7-16(18)20-17(15-23-13-10-21-11-14-23)24-12-6-5-9-19(24)22-20/h3-9,12,21H,2,10-11,13-15H2,1H3. The van der Waals surface area contributed by atoms with Crippen LogP contribution >= 0.6 is 0 Å². The summed E-state index contributed by atoms with van der Waals surface area (Å²) in [6.07, 6.45) is 2.10. The number of imidazole rings is 1. The molecule has 1 fully saturated rings. The van der Waals surface area contributed by atoms with Gasteiger partial charge in [0.05, 0.1) is 18.0 Å². The van der Waals surface area contributed by atoms with Crippen molar-refractivity contribution in [3.05, 3.63) is 54.4 Å². The zero-order valence-corrected chi connectivity index (χ0v) is 14.6. The molecule has 4 rings (SSSR count). The molecule has 0 spiro atoms. The molecule has 2 aromatic heterocycles. The van der Waals surface area contributed by atoms with Crippen molar-refractivity contribution in [2.75, 3.05) is 32.8 Å². The number of piperazine rings is 1. The van der Waals surface area contributed by atoms with Gasteiger partial charge < -0.3 is 14.5 Å². The zero-order chi connectivity index (χ0) is 17.1. The van der Waals surface area contributed by atoms with Gasteiger partial charge in [-0.15, -0.1) is 0 Å². The summed E-state index contributed by atoms with van der Waals surface area (Å²) in [6.45, 7) is 7.77. The predicted molar refractivity (Wildman–Crippen MR) is 99.9 cm³/mol. The van der Waals surface area contributed by atoms with Gasteiger partial charge in [0.25, 0.3) is 0 Å². The highest BCUT2D eigenvalue weighted by atomic mass is 16.5. The SMILES string of the molecule is CCOc1ccccc1-c1nc2ccccn2c1CN1CCNCC1. The lowest BCUT2D eigenvalue weighted by atomic mass is 10.1. The quantitative estimate of drug-likeness (QED) is 0.778. The summed E-state index contributed by atoms with van der Waals surface area (Å²) in [7, 11) is 0. The normalized spacial score (nSPS) is 15.6. The van der Waals surface area contributed by atoms with Gasteiger partial charge in [0.2, 0.25) is 0 Å². The van der Waals surface area contributed by atoms with Crippen LogP contribution in [0.25, 0.3) is 16.9 Å². The molecule has 1 saturated heterocycles. The van der Waals surface area contributed by atoms with E-state index < -0.39 is 0 Å². The number of nitrogens with zero attached hydrogens (tertiary/aromatic N) is 3. The van der Waals surface area contributed by atoms with Crippen molar-refractivity contribution < 1.29 is 4.74 Å².